The Balaban J connectivity index is 1.48. The van der Waals surface area contributed by atoms with Crippen LogP contribution in [0.2, 0.25) is 0 Å². The Hall–Kier alpha value is -3.10. The molecule has 8 heteroatoms. The van der Waals surface area contributed by atoms with Crippen molar-refractivity contribution >= 4 is 15.5 Å². The predicted molar refractivity (Wildman–Crippen MR) is 122 cm³/mol. The normalized spacial score (nSPS) is 15.1. The lowest BCUT2D eigenvalue weighted by Gasteiger charge is -2.13. The van der Waals surface area contributed by atoms with E-state index in [1.165, 1.54) is 34.4 Å². The van der Waals surface area contributed by atoms with Gasteiger partial charge in [0.1, 0.15) is 15.7 Å². The highest BCUT2D eigenvalue weighted by molar-refractivity contribution is 7.90. The van der Waals surface area contributed by atoms with E-state index in [1.54, 1.807) is 0 Å². The molecule has 33 heavy (non-hydrogen) atoms. The summed E-state index contributed by atoms with van der Waals surface area (Å²) in [4.78, 5) is 0.0924. The van der Waals surface area contributed by atoms with Crippen LogP contribution in [0.4, 0.5) is 13.2 Å². The number of nitrogens with one attached hydrogen (secondary N) is 2. The van der Waals surface area contributed by atoms with Gasteiger partial charge in [0.25, 0.3) is 0 Å². The Morgan fingerprint density at radius 2 is 1.45 bits per heavy atom. The summed E-state index contributed by atoms with van der Waals surface area (Å²) < 4.78 is 64.4. The molecule has 0 aromatic heterocycles. The summed E-state index contributed by atoms with van der Waals surface area (Å²) in [5.74, 6) is -0.420. The third-order valence-electron chi connectivity index (χ3n) is 5.47. The molecule has 3 aromatic carbocycles. The minimum Gasteiger partial charge on any atom is -0.406 e. The lowest BCUT2D eigenvalue weighted by molar-refractivity contribution is -0.274. The topological polar surface area (TPSA) is 62.2 Å². The van der Waals surface area contributed by atoms with Crippen LogP contribution in [-0.2, 0) is 22.8 Å². The van der Waals surface area contributed by atoms with E-state index in [0.717, 1.165) is 30.5 Å². The number of aryl methyl sites for hydroxylation is 2. The third-order valence-corrected chi connectivity index (χ3v) is 7.01. The zero-order valence-corrected chi connectivity index (χ0v) is 18.5. The predicted octanol–water partition coefficient (Wildman–Crippen LogP) is 6.12. The highest BCUT2D eigenvalue weighted by Gasteiger charge is 2.31. The van der Waals surface area contributed by atoms with E-state index in [0.29, 0.717) is 6.42 Å². The summed E-state index contributed by atoms with van der Waals surface area (Å²) in [6, 6.07) is 21.1. The standard InChI is InChI=1S/C25H23F3N2O2S/c26-25(27,28)32-20-13-15-21(16-14-20)33(29,31)30-17-5-10-24-22-8-3-1-6-18(22)11-12-19-7-2-4-9-23(19)24/h1-4,6-10,13-16H,5,11-12,17H2,(H2,29,30,31). The van der Waals surface area contributed by atoms with E-state index < -0.39 is 22.0 Å². The smallest absolute Gasteiger partial charge is 0.406 e. The molecule has 0 fully saturated rings. The Morgan fingerprint density at radius 3 is 2.00 bits per heavy atom. The molecule has 1 atom stereocenters. The van der Waals surface area contributed by atoms with Crippen molar-refractivity contribution in [3.05, 3.63) is 101 Å². The van der Waals surface area contributed by atoms with E-state index >= 15 is 0 Å². The fraction of sp³-hybridized carbons (Fsp3) is 0.200. The van der Waals surface area contributed by atoms with E-state index in [2.05, 4.69) is 39.8 Å². The maximum absolute atomic E-state index is 12.8. The molecule has 1 aliphatic carbocycles. The first-order valence-corrected chi connectivity index (χ1v) is 12.0. The highest BCUT2D eigenvalue weighted by atomic mass is 32.2. The molecule has 1 unspecified atom stereocenters. The SMILES string of the molecule is N=S(=O)(NCCC=C1c2ccccc2CCc2ccccc21)c1ccc(OC(F)(F)F)cc1. The van der Waals surface area contributed by atoms with Crippen molar-refractivity contribution in [3.63, 3.8) is 0 Å². The van der Waals surface area contributed by atoms with Gasteiger partial charge in [-0.15, -0.1) is 13.2 Å². The van der Waals surface area contributed by atoms with Crippen LogP contribution >= 0.6 is 0 Å². The molecule has 4 rings (SSSR count). The molecule has 0 amide bonds. The van der Waals surface area contributed by atoms with Crippen LogP contribution in [0.1, 0.15) is 28.7 Å². The molecule has 172 valence electrons. The van der Waals surface area contributed by atoms with Crippen LogP contribution in [-0.4, -0.2) is 17.1 Å². The zero-order chi connectivity index (χ0) is 23.5. The zero-order valence-electron chi connectivity index (χ0n) is 17.7. The second-order valence-electron chi connectivity index (χ2n) is 7.69. The number of halogens is 3. The molecule has 0 saturated heterocycles. The fourth-order valence-electron chi connectivity index (χ4n) is 3.97. The van der Waals surface area contributed by atoms with Gasteiger partial charge in [-0.25, -0.2) is 13.7 Å². The summed E-state index contributed by atoms with van der Waals surface area (Å²) in [6.45, 7) is 0.275. The highest BCUT2D eigenvalue weighted by Crippen LogP contribution is 2.33. The van der Waals surface area contributed by atoms with Gasteiger partial charge in [0, 0.05) is 6.54 Å². The van der Waals surface area contributed by atoms with Gasteiger partial charge in [0.2, 0.25) is 0 Å². The summed E-state index contributed by atoms with van der Waals surface area (Å²) in [5, 5.41) is 0. The van der Waals surface area contributed by atoms with Crippen molar-refractivity contribution in [2.45, 2.75) is 30.5 Å². The molecule has 0 bridgehead atoms. The number of benzene rings is 3. The quantitative estimate of drug-likeness (QED) is 0.425. The van der Waals surface area contributed by atoms with Gasteiger partial charge < -0.3 is 4.74 Å². The van der Waals surface area contributed by atoms with Gasteiger partial charge in [-0.3, -0.25) is 0 Å². The first-order chi connectivity index (χ1) is 15.7. The minimum atomic E-state index is -4.80. The lowest BCUT2D eigenvalue weighted by atomic mass is 9.93. The summed E-state index contributed by atoms with van der Waals surface area (Å²) >= 11 is 0. The molecule has 0 spiro atoms. The van der Waals surface area contributed by atoms with Gasteiger partial charge in [-0.05, 0) is 71.4 Å². The van der Waals surface area contributed by atoms with E-state index in [1.807, 2.05) is 24.3 Å². The van der Waals surface area contributed by atoms with Gasteiger partial charge >= 0.3 is 6.36 Å². The minimum absolute atomic E-state index is 0.0924. The Morgan fingerprint density at radius 1 is 0.909 bits per heavy atom. The van der Waals surface area contributed by atoms with Gasteiger partial charge in [-0.2, -0.15) is 0 Å². The molecule has 3 aromatic rings. The van der Waals surface area contributed by atoms with Crippen LogP contribution in [0.25, 0.3) is 5.57 Å². The maximum atomic E-state index is 12.8. The van der Waals surface area contributed by atoms with Crippen molar-refractivity contribution in [2.24, 2.45) is 0 Å². The van der Waals surface area contributed by atoms with Crippen LogP contribution in [0.3, 0.4) is 0 Å². The monoisotopic (exact) mass is 472 g/mol. The average molecular weight is 473 g/mol. The van der Waals surface area contributed by atoms with Crippen LogP contribution in [0.5, 0.6) is 5.75 Å². The number of rotatable bonds is 6. The number of alkyl halides is 3. The van der Waals surface area contributed by atoms with Crippen LogP contribution in [0.15, 0.2) is 83.8 Å². The molecular weight excluding hydrogens is 449 g/mol. The van der Waals surface area contributed by atoms with Gasteiger partial charge in [0.05, 0.1) is 4.90 Å². The number of ether oxygens (including phenoxy) is 1. The Labute approximate surface area is 191 Å². The van der Waals surface area contributed by atoms with Crippen LogP contribution in [0, 0.1) is 4.78 Å². The Bertz CT molecular complexity index is 1220. The second kappa shape index (κ2) is 9.41. The second-order valence-corrected chi connectivity index (χ2v) is 9.56. The molecule has 0 heterocycles. The Kier molecular flexibility index (Phi) is 6.58. The largest absolute Gasteiger partial charge is 0.573 e. The first kappa shape index (κ1) is 23.1. The summed E-state index contributed by atoms with van der Waals surface area (Å²) in [5.41, 5.74) is 6.02. The summed E-state index contributed by atoms with van der Waals surface area (Å²) in [6.07, 6.45) is -0.269. The van der Waals surface area contributed by atoms with E-state index in [4.69, 9.17) is 4.78 Å². The van der Waals surface area contributed by atoms with Crippen molar-refractivity contribution in [1.82, 2.24) is 4.72 Å². The molecule has 4 nitrogen and oxygen atoms in total. The maximum Gasteiger partial charge on any atom is 0.573 e. The lowest BCUT2D eigenvalue weighted by Crippen LogP contribution is -2.23. The molecular formula is C25H23F3N2O2S. The van der Waals surface area contributed by atoms with Gasteiger partial charge in [0.15, 0.2) is 0 Å². The van der Waals surface area contributed by atoms with Crippen molar-refractivity contribution in [1.29, 1.82) is 4.78 Å². The van der Waals surface area contributed by atoms with Crippen molar-refractivity contribution < 1.29 is 22.1 Å². The van der Waals surface area contributed by atoms with E-state index in [9.17, 15) is 17.4 Å². The van der Waals surface area contributed by atoms with Crippen molar-refractivity contribution in [3.8, 4) is 5.75 Å². The fourth-order valence-corrected chi connectivity index (χ4v) is 5.06. The summed E-state index contributed by atoms with van der Waals surface area (Å²) in [7, 11) is -3.37. The molecule has 1 aliphatic rings. The van der Waals surface area contributed by atoms with Gasteiger partial charge in [-0.1, -0.05) is 54.6 Å². The first-order valence-electron chi connectivity index (χ1n) is 10.5. The molecule has 0 saturated carbocycles. The molecule has 2 N–H and O–H groups in total. The average Bonchev–Trinajstić information content (AvgIpc) is 2.93. The number of hydrogen-bond acceptors (Lipinski definition) is 3. The molecule has 0 aliphatic heterocycles. The molecule has 0 radical (unpaired) electrons. The van der Waals surface area contributed by atoms with Crippen LogP contribution < -0.4 is 9.46 Å². The number of fused-ring (bicyclic) bond motifs is 2. The number of hydrogen-bond donors (Lipinski definition) is 2. The third kappa shape index (κ3) is 5.64. The van der Waals surface area contributed by atoms with E-state index in [-0.39, 0.29) is 11.4 Å². The van der Waals surface area contributed by atoms with Crippen molar-refractivity contribution in [2.75, 3.05) is 6.54 Å².